The molecule has 0 bridgehead atoms. The summed E-state index contributed by atoms with van der Waals surface area (Å²) >= 11 is 3.42. The average Bonchev–Trinajstić information content (AvgIpc) is 2.53. The van der Waals surface area contributed by atoms with E-state index < -0.39 is 0 Å². The van der Waals surface area contributed by atoms with Gasteiger partial charge < -0.3 is 10.6 Å². The first-order chi connectivity index (χ1) is 10.2. The van der Waals surface area contributed by atoms with Gasteiger partial charge in [0.05, 0.1) is 6.04 Å². The summed E-state index contributed by atoms with van der Waals surface area (Å²) in [5, 5.41) is 6.05. The van der Waals surface area contributed by atoms with E-state index in [1.165, 1.54) is 0 Å². The van der Waals surface area contributed by atoms with Gasteiger partial charge in [0, 0.05) is 18.1 Å². The molecule has 2 aromatic rings. The monoisotopic (exact) mass is 346 g/mol. The van der Waals surface area contributed by atoms with E-state index in [2.05, 4.69) is 26.6 Å². The van der Waals surface area contributed by atoms with Crippen LogP contribution in [0.25, 0.3) is 0 Å². The van der Waals surface area contributed by atoms with Gasteiger partial charge in [-0.15, -0.1) is 0 Å². The zero-order valence-electron chi connectivity index (χ0n) is 12.0. The fourth-order valence-electron chi connectivity index (χ4n) is 2.12. The third-order valence-corrected chi connectivity index (χ3v) is 3.84. The summed E-state index contributed by atoms with van der Waals surface area (Å²) in [6, 6.07) is 17.9. The molecule has 1 atom stereocenters. The topological polar surface area (TPSA) is 41.1 Å². The SMILES string of the molecule is CNC(=O)C(Cc1ccccc1)NCc1ccc(Br)cc1. The quantitative estimate of drug-likeness (QED) is 0.844. The van der Waals surface area contributed by atoms with Gasteiger partial charge in [0.1, 0.15) is 0 Å². The second-order valence-electron chi connectivity index (χ2n) is 4.86. The van der Waals surface area contributed by atoms with Crippen molar-refractivity contribution in [2.45, 2.75) is 19.0 Å². The molecule has 0 saturated carbocycles. The van der Waals surface area contributed by atoms with Crippen molar-refractivity contribution in [1.82, 2.24) is 10.6 Å². The molecular formula is C17H19BrN2O. The molecule has 0 heterocycles. The maximum absolute atomic E-state index is 12.0. The van der Waals surface area contributed by atoms with E-state index in [4.69, 9.17) is 0 Å². The minimum absolute atomic E-state index is 0.0102. The van der Waals surface area contributed by atoms with Crippen molar-refractivity contribution in [1.29, 1.82) is 0 Å². The first kappa shape index (κ1) is 15.7. The van der Waals surface area contributed by atoms with Crippen LogP contribution in [-0.2, 0) is 17.8 Å². The van der Waals surface area contributed by atoms with E-state index in [0.717, 1.165) is 15.6 Å². The van der Waals surface area contributed by atoms with Crippen LogP contribution in [0.1, 0.15) is 11.1 Å². The molecule has 0 aliphatic rings. The molecule has 0 fully saturated rings. The summed E-state index contributed by atoms with van der Waals surface area (Å²) in [4.78, 5) is 12.0. The number of rotatable bonds is 6. The zero-order chi connectivity index (χ0) is 15.1. The highest BCUT2D eigenvalue weighted by molar-refractivity contribution is 9.10. The number of halogens is 1. The summed E-state index contributed by atoms with van der Waals surface area (Å²) in [6.07, 6.45) is 0.678. The fraction of sp³-hybridized carbons (Fsp3) is 0.235. The Bertz CT molecular complexity index is 569. The standard InChI is InChI=1S/C17H19BrN2O/c1-19-17(21)16(11-13-5-3-2-4-6-13)20-12-14-7-9-15(18)10-8-14/h2-10,16,20H,11-12H2,1H3,(H,19,21). The Hall–Kier alpha value is -1.65. The van der Waals surface area contributed by atoms with Crippen LogP contribution in [0.5, 0.6) is 0 Å². The van der Waals surface area contributed by atoms with Gasteiger partial charge in [0.25, 0.3) is 0 Å². The average molecular weight is 347 g/mol. The van der Waals surface area contributed by atoms with E-state index in [1.807, 2.05) is 54.6 Å². The summed E-state index contributed by atoms with van der Waals surface area (Å²) in [6.45, 7) is 0.665. The summed E-state index contributed by atoms with van der Waals surface area (Å²) < 4.78 is 1.05. The van der Waals surface area contributed by atoms with Crippen LogP contribution in [0, 0.1) is 0 Å². The van der Waals surface area contributed by atoms with Gasteiger partial charge in [-0.25, -0.2) is 0 Å². The number of amides is 1. The number of nitrogens with one attached hydrogen (secondary N) is 2. The van der Waals surface area contributed by atoms with Crippen LogP contribution >= 0.6 is 15.9 Å². The van der Waals surface area contributed by atoms with Crippen molar-refractivity contribution < 1.29 is 4.79 Å². The van der Waals surface area contributed by atoms with Gasteiger partial charge in [0.2, 0.25) is 5.91 Å². The molecule has 1 amide bonds. The Morgan fingerprint density at radius 1 is 1.05 bits per heavy atom. The molecule has 0 aromatic heterocycles. The zero-order valence-corrected chi connectivity index (χ0v) is 13.6. The number of carbonyl (C=O) groups is 1. The third-order valence-electron chi connectivity index (χ3n) is 3.31. The van der Waals surface area contributed by atoms with Crippen LogP contribution in [0.4, 0.5) is 0 Å². The minimum atomic E-state index is -0.235. The largest absolute Gasteiger partial charge is 0.358 e. The van der Waals surface area contributed by atoms with E-state index in [0.29, 0.717) is 13.0 Å². The van der Waals surface area contributed by atoms with Crippen LogP contribution in [0.3, 0.4) is 0 Å². The number of likely N-dealkylation sites (N-methyl/N-ethyl adjacent to an activating group) is 1. The van der Waals surface area contributed by atoms with E-state index in [1.54, 1.807) is 7.05 Å². The molecule has 0 radical (unpaired) electrons. The Morgan fingerprint density at radius 2 is 1.71 bits per heavy atom. The fourth-order valence-corrected chi connectivity index (χ4v) is 2.39. The van der Waals surface area contributed by atoms with Gasteiger partial charge in [-0.3, -0.25) is 4.79 Å². The Balaban J connectivity index is 1.99. The molecular weight excluding hydrogens is 328 g/mol. The molecule has 0 saturated heterocycles. The smallest absolute Gasteiger partial charge is 0.237 e. The summed E-state index contributed by atoms with van der Waals surface area (Å²) in [5.74, 6) is 0.0102. The highest BCUT2D eigenvalue weighted by atomic mass is 79.9. The molecule has 0 spiro atoms. The number of hydrogen-bond acceptors (Lipinski definition) is 2. The van der Waals surface area contributed by atoms with Crippen LogP contribution < -0.4 is 10.6 Å². The normalized spacial score (nSPS) is 11.9. The molecule has 0 aliphatic carbocycles. The maximum Gasteiger partial charge on any atom is 0.237 e. The van der Waals surface area contributed by atoms with Crippen molar-refractivity contribution >= 4 is 21.8 Å². The van der Waals surface area contributed by atoms with Crippen molar-refractivity contribution in [3.63, 3.8) is 0 Å². The lowest BCUT2D eigenvalue weighted by Crippen LogP contribution is -2.44. The molecule has 0 aliphatic heterocycles. The Morgan fingerprint density at radius 3 is 2.33 bits per heavy atom. The molecule has 1 unspecified atom stereocenters. The van der Waals surface area contributed by atoms with E-state index >= 15 is 0 Å². The van der Waals surface area contributed by atoms with Crippen LogP contribution in [-0.4, -0.2) is 19.0 Å². The van der Waals surface area contributed by atoms with Gasteiger partial charge in [0.15, 0.2) is 0 Å². The number of carbonyl (C=O) groups excluding carboxylic acids is 1. The maximum atomic E-state index is 12.0. The third kappa shape index (κ3) is 4.99. The lowest BCUT2D eigenvalue weighted by Gasteiger charge is -2.17. The van der Waals surface area contributed by atoms with Gasteiger partial charge in [-0.1, -0.05) is 58.4 Å². The number of hydrogen-bond donors (Lipinski definition) is 2. The van der Waals surface area contributed by atoms with Gasteiger partial charge in [-0.2, -0.15) is 0 Å². The van der Waals surface area contributed by atoms with Crippen molar-refractivity contribution in [2.24, 2.45) is 0 Å². The number of benzene rings is 2. The first-order valence-corrected chi connectivity index (χ1v) is 7.71. The van der Waals surface area contributed by atoms with Crippen LogP contribution in [0.2, 0.25) is 0 Å². The molecule has 4 heteroatoms. The molecule has 21 heavy (non-hydrogen) atoms. The van der Waals surface area contributed by atoms with Crippen molar-refractivity contribution in [3.8, 4) is 0 Å². The molecule has 2 N–H and O–H groups in total. The highest BCUT2D eigenvalue weighted by Crippen LogP contribution is 2.11. The van der Waals surface area contributed by atoms with Crippen molar-refractivity contribution in [2.75, 3.05) is 7.05 Å². The predicted molar refractivity (Wildman–Crippen MR) is 89.0 cm³/mol. The second kappa shape index (κ2) is 7.96. The lowest BCUT2D eigenvalue weighted by atomic mass is 10.0. The molecule has 2 rings (SSSR count). The lowest BCUT2D eigenvalue weighted by molar-refractivity contribution is -0.122. The summed E-state index contributed by atoms with van der Waals surface area (Å²) in [7, 11) is 1.67. The predicted octanol–water partition coefficient (Wildman–Crippen LogP) is 2.90. The van der Waals surface area contributed by atoms with Crippen LogP contribution in [0.15, 0.2) is 59.1 Å². The first-order valence-electron chi connectivity index (χ1n) is 6.92. The van der Waals surface area contributed by atoms with Crippen molar-refractivity contribution in [3.05, 3.63) is 70.2 Å². The molecule has 2 aromatic carbocycles. The highest BCUT2D eigenvalue weighted by Gasteiger charge is 2.16. The summed E-state index contributed by atoms with van der Waals surface area (Å²) in [5.41, 5.74) is 2.30. The van der Waals surface area contributed by atoms with Gasteiger partial charge in [-0.05, 0) is 29.7 Å². The van der Waals surface area contributed by atoms with E-state index in [9.17, 15) is 4.79 Å². The second-order valence-corrected chi connectivity index (χ2v) is 5.78. The van der Waals surface area contributed by atoms with E-state index in [-0.39, 0.29) is 11.9 Å². The molecule has 110 valence electrons. The molecule has 3 nitrogen and oxygen atoms in total. The minimum Gasteiger partial charge on any atom is -0.358 e. The van der Waals surface area contributed by atoms with Gasteiger partial charge >= 0.3 is 0 Å². The Labute approximate surface area is 133 Å². The Kier molecular flexibility index (Phi) is 5.96.